The minimum atomic E-state index is -0.373. The maximum Gasteiger partial charge on any atom is 0.272 e. The highest BCUT2D eigenvalue weighted by Gasteiger charge is 2.19. The van der Waals surface area contributed by atoms with Crippen molar-refractivity contribution in [3.8, 4) is 0 Å². The number of carbonyl (C=O) groups excluding carboxylic acids is 1. The van der Waals surface area contributed by atoms with Crippen LogP contribution < -0.4 is 10.9 Å². The van der Waals surface area contributed by atoms with E-state index in [1.165, 1.54) is 28.7 Å². The average Bonchev–Trinajstić information content (AvgIpc) is 3.11. The summed E-state index contributed by atoms with van der Waals surface area (Å²) in [5, 5.41) is 4.99. The summed E-state index contributed by atoms with van der Waals surface area (Å²) in [6, 6.07) is 9.67. The van der Waals surface area contributed by atoms with Crippen LogP contribution in [-0.4, -0.2) is 20.7 Å². The molecule has 136 valence electrons. The number of amides is 1. The van der Waals surface area contributed by atoms with Crippen molar-refractivity contribution in [1.29, 1.82) is 0 Å². The number of carbonyl (C=O) groups is 1. The summed E-state index contributed by atoms with van der Waals surface area (Å²) in [5.41, 5.74) is 2.65. The number of hydrogen-bond acceptors (Lipinski definition) is 5. The number of aryl methyl sites for hydroxylation is 1. The number of benzene rings is 1. The Kier molecular flexibility index (Phi) is 5.78. The molecule has 1 N–H and O–H groups in total. The van der Waals surface area contributed by atoms with Crippen molar-refractivity contribution in [1.82, 2.24) is 9.55 Å². The number of thioether (sulfide) groups is 1. The fourth-order valence-electron chi connectivity index (χ4n) is 2.57. The Morgan fingerprint density at radius 3 is 2.65 bits per heavy atom. The van der Waals surface area contributed by atoms with Crippen molar-refractivity contribution in [3.05, 3.63) is 51.6 Å². The molecule has 0 aliphatic carbocycles. The third kappa shape index (κ3) is 3.83. The zero-order valence-corrected chi connectivity index (χ0v) is 16.6. The van der Waals surface area contributed by atoms with E-state index >= 15 is 0 Å². The average molecular weight is 388 g/mol. The van der Waals surface area contributed by atoms with Gasteiger partial charge in [0.25, 0.3) is 5.56 Å². The molecular weight excluding hydrogens is 366 g/mol. The van der Waals surface area contributed by atoms with Crippen molar-refractivity contribution in [2.24, 2.45) is 0 Å². The summed E-state index contributed by atoms with van der Waals surface area (Å²) in [4.78, 5) is 29.7. The Bertz CT molecular complexity index is 977. The van der Waals surface area contributed by atoms with Gasteiger partial charge >= 0.3 is 0 Å². The molecule has 3 rings (SSSR count). The van der Waals surface area contributed by atoms with Crippen LogP contribution in [-0.2, 0) is 17.8 Å². The van der Waals surface area contributed by atoms with Crippen LogP contribution in [0.25, 0.3) is 10.2 Å². The summed E-state index contributed by atoms with van der Waals surface area (Å²) in [6.07, 6.45) is 0.964. The fraction of sp³-hybridized carbons (Fsp3) is 0.316. The molecule has 0 bridgehead atoms. The molecule has 0 aliphatic rings. The normalized spacial score (nSPS) is 12.3. The van der Waals surface area contributed by atoms with Gasteiger partial charge in [0, 0.05) is 12.2 Å². The van der Waals surface area contributed by atoms with Gasteiger partial charge in [-0.15, -0.1) is 11.3 Å². The van der Waals surface area contributed by atoms with E-state index in [4.69, 9.17) is 0 Å². The SMILES string of the molecule is CCc1ccc(NC(=O)C(C)Sc2nc3ccsc3c(=O)n2CC)cc1. The second kappa shape index (κ2) is 8.05. The molecule has 0 radical (unpaired) electrons. The first-order chi connectivity index (χ1) is 12.5. The second-order valence-corrected chi connectivity index (χ2v) is 8.10. The molecule has 1 aromatic carbocycles. The molecule has 1 unspecified atom stereocenters. The quantitative estimate of drug-likeness (QED) is 0.509. The molecule has 0 spiro atoms. The van der Waals surface area contributed by atoms with Crippen LogP contribution >= 0.6 is 23.1 Å². The Hall–Kier alpha value is -2.12. The van der Waals surface area contributed by atoms with E-state index < -0.39 is 0 Å². The first kappa shape index (κ1) is 18.7. The fourth-order valence-corrected chi connectivity index (χ4v) is 4.32. The standard InChI is InChI=1S/C19H21N3O2S2/c1-4-13-6-8-14(9-7-13)20-17(23)12(3)26-19-21-15-10-11-25-16(15)18(24)22(19)5-2/h6-12H,4-5H2,1-3H3,(H,20,23). The van der Waals surface area contributed by atoms with E-state index in [2.05, 4.69) is 17.2 Å². The third-order valence-electron chi connectivity index (χ3n) is 4.13. The lowest BCUT2D eigenvalue weighted by Crippen LogP contribution is -2.26. The summed E-state index contributed by atoms with van der Waals surface area (Å²) in [7, 11) is 0. The van der Waals surface area contributed by atoms with Crippen molar-refractivity contribution in [2.45, 2.75) is 44.1 Å². The van der Waals surface area contributed by atoms with E-state index in [0.717, 1.165) is 12.1 Å². The predicted molar refractivity (Wildman–Crippen MR) is 109 cm³/mol. The van der Waals surface area contributed by atoms with Crippen LogP contribution in [0, 0.1) is 0 Å². The summed E-state index contributed by atoms with van der Waals surface area (Å²) >= 11 is 2.70. The van der Waals surface area contributed by atoms with E-state index in [0.29, 0.717) is 21.9 Å². The minimum Gasteiger partial charge on any atom is -0.325 e. The third-order valence-corrected chi connectivity index (χ3v) is 6.11. The van der Waals surface area contributed by atoms with Crippen molar-refractivity contribution >= 4 is 44.9 Å². The lowest BCUT2D eigenvalue weighted by molar-refractivity contribution is -0.115. The molecule has 1 atom stereocenters. The number of aromatic nitrogens is 2. The van der Waals surface area contributed by atoms with Gasteiger partial charge in [0.2, 0.25) is 5.91 Å². The highest BCUT2D eigenvalue weighted by Crippen LogP contribution is 2.25. The predicted octanol–water partition coefficient (Wildman–Crippen LogP) is 4.16. The molecule has 2 heterocycles. The lowest BCUT2D eigenvalue weighted by atomic mass is 10.1. The monoisotopic (exact) mass is 387 g/mol. The molecule has 5 nitrogen and oxygen atoms in total. The van der Waals surface area contributed by atoms with Crippen LogP contribution in [0.15, 0.2) is 45.7 Å². The van der Waals surface area contributed by atoms with Gasteiger partial charge in [0.15, 0.2) is 5.16 Å². The summed E-state index contributed by atoms with van der Waals surface area (Å²) in [6.45, 7) is 6.35. The number of anilines is 1. The number of fused-ring (bicyclic) bond motifs is 1. The van der Waals surface area contributed by atoms with Gasteiger partial charge < -0.3 is 5.32 Å². The second-order valence-electron chi connectivity index (χ2n) is 5.88. The molecule has 1 amide bonds. The molecule has 2 aromatic heterocycles. The summed E-state index contributed by atoms with van der Waals surface area (Å²) in [5.74, 6) is -0.110. The molecule has 3 aromatic rings. The van der Waals surface area contributed by atoms with E-state index in [-0.39, 0.29) is 16.7 Å². The highest BCUT2D eigenvalue weighted by atomic mass is 32.2. The Balaban J connectivity index is 1.78. The van der Waals surface area contributed by atoms with Gasteiger partial charge in [-0.05, 0) is 49.4 Å². The summed E-state index contributed by atoms with van der Waals surface area (Å²) < 4.78 is 2.29. The van der Waals surface area contributed by atoms with Gasteiger partial charge in [0.1, 0.15) is 4.70 Å². The zero-order valence-electron chi connectivity index (χ0n) is 15.0. The number of nitrogens with zero attached hydrogens (tertiary/aromatic N) is 2. The van der Waals surface area contributed by atoms with Crippen LogP contribution in [0.1, 0.15) is 26.3 Å². The van der Waals surface area contributed by atoms with E-state index in [1.54, 1.807) is 4.57 Å². The van der Waals surface area contributed by atoms with Crippen molar-refractivity contribution in [3.63, 3.8) is 0 Å². The van der Waals surface area contributed by atoms with Crippen LogP contribution in [0.2, 0.25) is 0 Å². The maximum atomic E-state index is 12.6. The van der Waals surface area contributed by atoms with Crippen LogP contribution in [0.5, 0.6) is 0 Å². The largest absolute Gasteiger partial charge is 0.325 e. The first-order valence-corrected chi connectivity index (χ1v) is 10.3. The Morgan fingerprint density at radius 1 is 1.27 bits per heavy atom. The lowest BCUT2D eigenvalue weighted by Gasteiger charge is -2.15. The molecule has 0 saturated carbocycles. The molecule has 0 fully saturated rings. The molecule has 0 saturated heterocycles. The first-order valence-electron chi connectivity index (χ1n) is 8.58. The Morgan fingerprint density at radius 2 is 2.00 bits per heavy atom. The number of nitrogens with one attached hydrogen (secondary N) is 1. The van der Waals surface area contributed by atoms with Gasteiger partial charge in [-0.1, -0.05) is 30.8 Å². The van der Waals surface area contributed by atoms with Gasteiger partial charge in [0.05, 0.1) is 10.8 Å². The maximum absolute atomic E-state index is 12.6. The zero-order chi connectivity index (χ0) is 18.7. The van der Waals surface area contributed by atoms with E-state index in [9.17, 15) is 9.59 Å². The number of thiophene rings is 1. The molecule has 0 aliphatic heterocycles. The molecule has 26 heavy (non-hydrogen) atoms. The van der Waals surface area contributed by atoms with E-state index in [1.807, 2.05) is 49.6 Å². The minimum absolute atomic E-state index is 0.0437. The van der Waals surface area contributed by atoms with Gasteiger partial charge in [-0.3, -0.25) is 14.2 Å². The highest BCUT2D eigenvalue weighted by molar-refractivity contribution is 8.00. The van der Waals surface area contributed by atoms with Crippen molar-refractivity contribution < 1.29 is 4.79 Å². The number of rotatable bonds is 6. The van der Waals surface area contributed by atoms with Gasteiger partial charge in [-0.2, -0.15) is 0 Å². The Labute approximate surface area is 160 Å². The van der Waals surface area contributed by atoms with Crippen LogP contribution in [0.4, 0.5) is 5.69 Å². The molecule has 7 heteroatoms. The smallest absolute Gasteiger partial charge is 0.272 e. The number of hydrogen-bond donors (Lipinski definition) is 1. The molecular formula is C19H21N3O2S2. The van der Waals surface area contributed by atoms with Crippen LogP contribution in [0.3, 0.4) is 0 Å². The van der Waals surface area contributed by atoms with Gasteiger partial charge in [-0.25, -0.2) is 4.98 Å². The van der Waals surface area contributed by atoms with Crippen molar-refractivity contribution in [2.75, 3.05) is 5.32 Å². The topological polar surface area (TPSA) is 64.0 Å².